The van der Waals surface area contributed by atoms with Crippen molar-refractivity contribution in [2.45, 2.75) is 49.7 Å². The summed E-state index contributed by atoms with van der Waals surface area (Å²) in [6.07, 6.45) is 6.14. The van der Waals surface area contributed by atoms with Crippen LogP contribution >= 0.6 is 11.8 Å². The molecule has 1 saturated heterocycles. The molecule has 0 bridgehead atoms. The van der Waals surface area contributed by atoms with Crippen molar-refractivity contribution in [2.75, 3.05) is 5.75 Å². The number of hydrogen-bond acceptors (Lipinski definition) is 2. The van der Waals surface area contributed by atoms with E-state index in [1.807, 2.05) is 17.8 Å². The Balaban J connectivity index is 1.84. The molecule has 1 unspecified atom stereocenters. The Labute approximate surface area is 113 Å². The number of ketones is 1. The Morgan fingerprint density at radius 3 is 2.78 bits per heavy atom. The lowest BCUT2D eigenvalue weighted by atomic mass is 9.79. The molecule has 1 aromatic carbocycles. The number of benzene rings is 1. The monoisotopic (exact) mass is 260 g/mol. The molecule has 2 aliphatic rings. The topological polar surface area (TPSA) is 17.1 Å². The Bertz CT molecular complexity index is 456. The van der Waals surface area contributed by atoms with Gasteiger partial charge in [-0.2, -0.15) is 0 Å². The first-order valence-electron chi connectivity index (χ1n) is 6.98. The summed E-state index contributed by atoms with van der Waals surface area (Å²) in [6.45, 7) is 2.11. The van der Waals surface area contributed by atoms with E-state index in [4.69, 9.17) is 0 Å². The third-order valence-electron chi connectivity index (χ3n) is 4.42. The normalized spacial score (nSPS) is 28.1. The van der Waals surface area contributed by atoms with Crippen molar-refractivity contribution < 1.29 is 4.79 Å². The standard InChI is InChI=1S/C16H20OS/c1-16(9-4-10-18-16)15(17)14-8-3-7-13(11-14)12-5-2-6-12/h3,7-8,11-12H,2,4-6,9-10H2,1H3. The first-order chi connectivity index (χ1) is 8.69. The smallest absolute Gasteiger partial charge is 0.178 e. The van der Waals surface area contributed by atoms with Gasteiger partial charge in [-0.05, 0) is 55.9 Å². The summed E-state index contributed by atoms with van der Waals surface area (Å²) in [5.74, 6) is 2.18. The van der Waals surface area contributed by atoms with E-state index in [0.717, 1.165) is 17.7 Å². The van der Waals surface area contributed by atoms with Crippen molar-refractivity contribution in [1.29, 1.82) is 0 Å². The summed E-state index contributed by atoms with van der Waals surface area (Å²) in [5.41, 5.74) is 2.30. The summed E-state index contributed by atoms with van der Waals surface area (Å²) in [7, 11) is 0. The van der Waals surface area contributed by atoms with Gasteiger partial charge in [-0.25, -0.2) is 0 Å². The summed E-state index contributed by atoms with van der Waals surface area (Å²) in [5, 5.41) is 0. The number of carbonyl (C=O) groups is 1. The van der Waals surface area contributed by atoms with Crippen LogP contribution in [0.1, 0.15) is 60.9 Å². The van der Waals surface area contributed by atoms with E-state index in [2.05, 4.69) is 25.1 Å². The second kappa shape index (κ2) is 4.73. The van der Waals surface area contributed by atoms with Crippen LogP contribution in [-0.4, -0.2) is 16.3 Å². The van der Waals surface area contributed by atoms with Gasteiger partial charge in [0.25, 0.3) is 0 Å². The average Bonchev–Trinajstić information content (AvgIpc) is 2.75. The highest BCUT2D eigenvalue weighted by molar-refractivity contribution is 8.01. The lowest BCUT2D eigenvalue weighted by Crippen LogP contribution is -2.28. The van der Waals surface area contributed by atoms with Crippen LogP contribution in [0.2, 0.25) is 0 Å². The zero-order valence-electron chi connectivity index (χ0n) is 10.9. The minimum atomic E-state index is -0.168. The zero-order valence-corrected chi connectivity index (χ0v) is 11.8. The van der Waals surface area contributed by atoms with E-state index in [0.29, 0.717) is 11.7 Å². The van der Waals surface area contributed by atoms with Crippen molar-refractivity contribution in [3.8, 4) is 0 Å². The lowest BCUT2D eigenvalue weighted by Gasteiger charge is -2.27. The lowest BCUT2D eigenvalue weighted by molar-refractivity contribution is 0.0949. The van der Waals surface area contributed by atoms with Gasteiger partial charge in [0.2, 0.25) is 0 Å². The van der Waals surface area contributed by atoms with Crippen molar-refractivity contribution in [2.24, 2.45) is 0 Å². The molecule has 2 heteroatoms. The van der Waals surface area contributed by atoms with Gasteiger partial charge in [-0.1, -0.05) is 24.6 Å². The first kappa shape index (κ1) is 12.3. The van der Waals surface area contributed by atoms with Crippen molar-refractivity contribution >= 4 is 17.5 Å². The molecular formula is C16H20OS. The van der Waals surface area contributed by atoms with Crippen LogP contribution in [0, 0.1) is 0 Å². The fourth-order valence-corrected chi connectivity index (χ4v) is 4.22. The predicted octanol–water partition coefficient (Wildman–Crippen LogP) is 4.42. The van der Waals surface area contributed by atoms with E-state index in [1.54, 1.807) is 0 Å². The summed E-state index contributed by atoms with van der Waals surface area (Å²) in [6, 6.07) is 8.39. The molecular weight excluding hydrogens is 240 g/mol. The van der Waals surface area contributed by atoms with Crippen LogP contribution in [0.4, 0.5) is 0 Å². The third-order valence-corrected chi connectivity index (χ3v) is 5.94. The van der Waals surface area contributed by atoms with Gasteiger partial charge in [0.15, 0.2) is 5.78 Å². The summed E-state index contributed by atoms with van der Waals surface area (Å²) < 4.78 is -0.168. The molecule has 0 aromatic heterocycles. The number of hydrogen-bond donors (Lipinski definition) is 0. The predicted molar refractivity (Wildman–Crippen MR) is 77.5 cm³/mol. The Kier molecular flexibility index (Phi) is 3.23. The molecule has 0 N–H and O–H groups in total. The van der Waals surface area contributed by atoms with Crippen LogP contribution in [0.3, 0.4) is 0 Å². The molecule has 0 amide bonds. The average molecular weight is 260 g/mol. The Morgan fingerprint density at radius 2 is 2.17 bits per heavy atom. The Hall–Kier alpha value is -0.760. The molecule has 1 aliphatic heterocycles. The molecule has 96 valence electrons. The maximum Gasteiger partial charge on any atom is 0.178 e. The molecule has 1 aliphatic carbocycles. The van der Waals surface area contributed by atoms with Crippen LogP contribution in [0.5, 0.6) is 0 Å². The van der Waals surface area contributed by atoms with Crippen molar-refractivity contribution in [1.82, 2.24) is 0 Å². The van der Waals surface area contributed by atoms with Gasteiger partial charge in [-0.3, -0.25) is 4.79 Å². The molecule has 3 rings (SSSR count). The van der Waals surface area contributed by atoms with E-state index in [1.165, 1.54) is 31.2 Å². The summed E-state index contributed by atoms with van der Waals surface area (Å²) >= 11 is 1.83. The second-order valence-corrected chi connectivity index (χ2v) is 7.36. The number of Topliss-reactive ketones (excluding diaryl/α,β-unsaturated/α-hetero) is 1. The number of rotatable bonds is 3. The van der Waals surface area contributed by atoms with E-state index < -0.39 is 0 Å². The minimum Gasteiger partial charge on any atom is -0.293 e. The maximum absolute atomic E-state index is 12.6. The fourth-order valence-electron chi connectivity index (χ4n) is 2.94. The molecule has 1 saturated carbocycles. The van der Waals surface area contributed by atoms with Gasteiger partial charge in [0.05, 0.1) is 4.75 Å². The first-order valence-corrected chi connectivity index (χ1v) is 7.96. The van der Waals surface area contributed by atoms with Gasteiger partial charge in [-0.15, -0.1) is 11.8 Å². The van der Waals surface area contributed by atoms with Crippen LogP contribution < -0.4 is 0 Å². The van der Waals surface area contributed by atoms with Crippen LogP contribution in [0.25, 0.3) is 0 Å². The molecule has 1 heterocycles. The van der Waals surface area contributed by atoms with Crippen LogP contribution in [0.15, 0.2) is 24.3 Å². The molecule has 0 spiro atoms. The molecule has 1 nitrogen and oxygen atoms in total. The van der Waals surface area contributed by atoms with Crippen LogP contribution in [-0.2, 0) is 0 Å². The molecule has 0 radical (unpaired) electrons. The van der Waals surface area contributed by atoms with Gasteiger partial charge in [0.1, 0.15) is 0 Å². The maximum atomic E-state index is 12.6. The largest absolute Gasteiger partial charge is 0.293 e. The zero-order chi connectivity index (χ0) is 12.6. The van der Waals surface area contributed by atoms with Gasteiger partial charge < -0.3 is 0 Å². The van der Waals surface area contributed by atoms with Gasteiger partial charge >= 0.3 is 0 Å². The Morgan fingerprint density at radius 1 is 1.33 bits per heavy atom. The quantitative estimate of drug-likeness (QED) is 0.748. The SMILES string of the molecule is CC1(C(=O)c2cccc(C3CCC3)c2)CCCS1. The third kappa shape index (κ3) is 2.11. The highest BCUT2D eigenvalue weighted by atomic mass is 32.2. The van der Waals surface area contributed by atoms with Gasteiger partial charge in [0, 0.05) is 5.56 Å². The van der Waals surface area contributed by atoms with E-state index >= 15 is 0 Å². The molecule has 2 fully saturated rings. The molecule has 1 aromatic rings. The number of thioether (sulfide) groups is 1. The van der Waals surface area contributed by atoms with Crippen molar-refractivity contribution in [3.63, 3.8) is 0 Å². The fraction of sp³-hybridized carbons (Fsp3) is 0.562. The van der Waals surface area contributed by atoms with Crippen molar-refractivity contribution in [3.05, 3.63) is 35.4 Å². The highest BCUT2D eigenvalue weighted by Gasteiger charge is 2.37. The second-order valence-electron chi connectivity index (χ2n) is 5.77. The number of carbonyl (C=O) groups excluding carboxylic acids is 1. The van der Waals surface area contributed by atoms with E-state index in [-0.39, 0.29) is 4.75 Å². The van der Waals surface area contributed by atoms with E-state index in [9.17, 15) is 4.79 Å². The molecule has 1 atom stereocenters. The summed E-state index contributed by atoms with van der Waals surface area (Å²) in [4.78, 5) is 12.6. The highest BCUT2D eigenvalue weighted by Crippen LogP contribution is 2.41. The molecule has 18 heavy (non-hydrogen) atoms. The minimum absolute atomic E-state index is 0.168.